The molecule has 0 saturated carbocycles. The molecule has 0 saturated heterocycles. The van der Waals surface area contributed by atoms with Gasteiger partial charge in [0.05, 0.1) is 16.8 Å². The van der Waals surface area contributed by atoms with E-state index in [4.69, 9.17) is 5.11 Å². The second-order valence-electron chi connectivity index (χ2n) is 4.42. The number of nitrogens with one attached hydrogen (secondary N) is 1. The Bertz CT molecular complexity index is 623. The number of hydrogen-bond donors (Lipinski definition) is 2. The first kappa shape index (κ1) is 15.3. The summed E-state index contributed by atoms with van der Waals surface area (Å²) in [4.78, 5) is 16.7. The number of imidazole rings is 1. The molecule has 0 aliphatic carbocycles. The zero-order valence-electron chi connectivity index (χ0n) is 11.6. The van der Waals surface area contributed by atoms with Gasteiger partial charge in [-0.05, 0) is 18.9 Å². The van der Waals surface area contributed by atoms with Crippen molar-refractivity contribution in [2.24, 2.45) is 0 Å². The maximum atomic E-state index is 11.9. The van der Waals surface area contributed by atoms with Gasteiger partial charge in [0.15, 0.2) is 0 Å². The molecule has 0 aliphatic rings. The Morgan fingerprint density at radius 1 is 1.48 bits per heavy atom. The Balaban J connectivity index is 1.68. The average molecular weight is 303 g/mol. The van der Waals surface area contributed by atoms with Gasteiger partial charge in [-0.3, -0.25) is 4.79 Å². The summed E-state index contributed by atoms with van der Waals surface area (Å²) in [6, 6.07) is 1.74. The maximum absolute atomic E-state index is 11.9. The molecule has 0 bridgehead atoms. The smallest absolute Gasteiger partial charge is 0.252 e. The van der Waals surface area contributed by atoms with Crippen molar-refractivity contribution in [1.82, 2.24) is 14.9 Å². The topological polar surface area (TPSA) is 67.2 Å². The Kier molecular flexibility index (Phi) is 6.00. The third-order valence-electron chi connectivity index (χ3n) is 2.84. The van der Waals surface area contributed by atoms with Crippen molar-refractivity contribution in [3.63, 3.8) is 0 Å². The van der Waals surface area contributed by atoms with Crippen molar-refractivity contribution in [3.05, 3.63) is 40.6 Å². The fourth-order valence-corrected chi connectivity index (χ4v) is 2.54. The van der Waals surface area contributed by atoms with Gasteiger partial charge in [0.1, 0.15) is 6.61 Å². The third kappa shape index (κ3) is 5.06. The van der Waals surface area contributed by atoms with E-state index in [2.05, 4.69) is 22.1 Å². The number of nitrogens with zero attached hydrogens (tertiary/aromatic N) is 2. The number of aliphatic hydroxyl groups excluding tert-OH is 1. The summed E-state index contributed by atoms with van der Waals surface area (Å²) >= 11 is 1.40. The first-order chi connectivity index (χ1) is 10.3. The molecule has 0 fully saturated rings. The van der Waals surface area contributed by atoms with Crippen molar-refractivity contribution in [3.8, 4) is 11.8 Å². The maximum Gasteiger partial charge on any atom is 0.252 e. The number of aromatic nitrogens is 2. The summed E-state index contributed by atoms with van der Waals surface area (Å²) in [5.74, 6) is 5.28. The Hall–Kier alpha value is -2.10. The highest BCUT2D eigenvalue weighted by Crippen LogP contribution is 2.13. The number of rotatable bonds is 6. The van der Waals surface area contributed by atoms with Gasteiger partial charge in [-0.25, -0.2) is 4.98 Å². The largest absolute Gasteiger partial charge is 0.384 e. The van der Waals surface area contributed by atoms with E-state index in [-0.39, 0.29) is 12.5 Å². The molecule has 6 heteroatoms. The van der Waals surface area contributed by atoms with Gasteiger partial charge >= 0.3 is 0 Å². The standard InChI is InChI=1S/C15H17N3O2S/c19-9-3-4-14-10-13(11-21-14)15(20)17-5-1-2-7-18-8-6-16-12-18/h6,8,10-12,19H,1-2,5,7,9H2,(H,17,20). The van der Waals surface area contributed by atoms with Gasteiger partial charge in [-0.1, -0.05) is 11.8 Å². The van der Waals surface area contributed by atoms with Crippen LogP contribution in [-0.2, 0) is 6.54 Å². The van der Waals surface area contributed by atoms with Crippen LogP contribution in [0.15, 0.2) is 30.2 Å². The molecule has 21 heavy (non-hydrogen) atoms. The molecule has 0 aromatic carbocycles. The van der Waals surface area contributed by atoms with Gasteiger partial charge in [0.2, 0.25) is 0 Å². The fraction of sp³-hybridized carbons (Fsp3) is 0.333. The SMILES string of the molecule is O=C(NCCCCn1ccnc1)c1csc(C#CCO)c1. The number of carbonyl (C=O) groups excluding carboxylic acids is 1. The van der Waals surface area contributed by atoms with Crippen molar-refractivity contribution in [1.29, 1.82) is 0 Å². The summed E-state index contributed by atoms with van der Waals surface area (Å²) in [5, 5.41) is 13.3. The van der Waals surface area contributed by atoms with Crippen LogP contribution >= 0.6 is 11.3 Å². The number of aliphatic hydroxyl groups is 1. The average Bonchev–Trinajstić information content (AvgIpc) is 3.16. The Morgan fingerprint density at radius 2 is 2.38 bits per heavy atom. The summed E-state index contributed by atoms with van der Waals surface area (Å²) in [7, 11) is 0. The van der Waals surface area contributed by atoms with Crippen LogP contribution in [0.3, 0.4) is 0 Å². The van der Waals surface area contributed by atoms with Gasteiger partial charge in [-0.15, -0.1) is 11.3 Å². The van der Waals surface area contributed by atoms with Crippen molar-refractivity contribution >= 4 is 17.2 Å². The zero-order valence-corrected chi connectivity index (χ0v) is 12.4. The highest BCUT2D eigenvalue weighted by Gasteiger charge is 2.06. The van der Waals surface area contributed by atoms with E-state index in [0.29, 0.717) is 12.1 Å². The first-order valence-electron chi connectivity index (χ1n) is 6.72. The van der Waals surface area contributed by atoms with E-state index in [1.54, 1.807) is 24.0 Å². The molecule has 0 unspecified atom stereocenters. The van der Waals surface area contributed by atoms with Crippen molar-refractivity contribution < 1.29 is 9.90 Å². The van der Waals surface area contributed by atoms with Crippen LogP contribution < -0.4 is 5.32 Å². The van der Waals surface area contributed by atoms with Gasteiger partial charge in [0, 0.05) is 30.9 Å². The molecular formula is C15H17N3O2S. The predicted octanol–water partition coefficient (Wildman–Crippen LogP) is 1.50. The van der Waals surface area contributed by atoms with E-state index in [0.717, 1.165) is 24.3 Å². The number of unbranched alkanes of at least 4 members (excludes halogenated alkanes) is 1. The van der Waals surface area contributed by atoms with Crippen LogP contribution in [-0.4, -0.2) is 33.7 Å². The number of thiophene rings is 1. The fourth-order valence-electron chi connectivity index (χ4n) is 1.79. The molecule has 2 N–H and O–H groups in total. The summed E-state index contributed by atoms with van der Waals surface area (Å²) in [6.07, 6.45) is 7.39. The second kappa shape index (κ2) is 8.25. The van der Waals surface area contributed by atoms with Crippen molar-refractivity contribution in [2.75, 3.05) is 13.2 Å². The minimum absolute atomic E-state index is 0.0778. The molecular weight excluding hydrogens is 286 g/mol. The minimum atomic E-state index is -0.170. The monoisotopic (exact) mass is 303 g/mol. The highest BCUT2D eigenvalue weighted by molar-refractivity contribution is 7.10. The molecule has 1 amide bonds. The molecule has 110 valence electrons. The Morgan fingerprint density at radius 3 is 3.14 bits per heavy atom. The lowest BCUT2D eigenvalue weighted by Gasteiger charge is -2.04. The molecule has 0 radical (unpaired) electrons. The Labute approximate surface area is 127 Å². The van der Waals surface area contributed by atoms with E-state index < -0.39 is 0 Å². The lowest BCUT2D eigenvalue weighted by Crippen LogP contribution is -2.24. The van der Waals surface area contributed by atoms with E-state index in [1.807, 2.05) is 10.8 Å². The lowest BCUT2D eigenvalue weighted by molar-refractivity contribution is 0.0953. The molecule has 2 aromatic heterocycles. The van der Waals surface area contributed by atoms with Crippen LogP contribution in [0.25, 0.3) is 0 Å². The summed E-state index contributed by atoms with van der Waals surface area (Å²) in [6.45, 7) is 1.40. The molecule has 0 atom stereocenters. The lowest BCUT2D eigenvalue weighted by atomic mass is 10.2. The molecule has 2 aromatic rings. The molecule has 0 spiro atoms. The first-order valence-corrected chi connectivity index (χ1v) is 7.60. The van der Waals surface area contributed by atoms with Gasteiger partial charge in [0.25, 0.3) is 5.91 Å². The van der Waals surface area contributed by atoms with Crippen LogP contribution in [0.5, 0.6) is 0 Å². The summed E-state index contributed by atoms with van der Waals surface area (Å²) < 4.78 is 2.02. The number of amides is 1. The second-order valence-corrected chi connectivity index (χ2v) is 5.33. The summed E-state index contributed by atoms with van der Waals surface area (Å²) in [5.41, 5.74) is 0.622. The molecule has 0 aliphatic heterocycles. The van der Waals surface area contributed by atoms with Crippen molar-refractivity contribution in [2.45, 2.75) is 19.4 Å². The zero-order chi connectivity index (χ0) is 14.9. The number of hydrogen-bond acceptors (Lipinski definition) is 4. The van der Waals surface area contributed by atoms with E-state index in [1.165, 1.54) is 11.3 Å². The molecule has 2 rings (SSSR count). The van der Waals surface area contributed by atoms with Gasteiger partial charge < -0.3 is 15.0 Å². The van der Waals surface area contributed by atoms with Crippen LogP contribution in [0.2, 0.25) is 0 Å². The van der Waals surface area contributed by atoms with Crippen LogP contribution in [0.1, 0.15) is 28.1 Å². The molecule has 5 nitrogen and oxygen atoms in total. The van der Waals surface area contributed by atoms with Crippen LogP contribution in [0, 0.1) is 11.8 Å². The minimum Gasteiger partial charge on any atom is -0.384 e. The third-order valence-corrected chi connectivity index (χ3v) is 3.69. The molecule has 2 heterocycles. The van der Waals surface area contributed by atoms with E-state index >= 15 is 0 Å². The van der Waals surface area contributed by atoms with E-state index in [9.17, 15) is 4.79 Å². The normalized spacial score (nSPS) is 9.95. The number of carbonyl (C=O) groups is 1. The van der Waals surface area contributed by atoms with Gasteiger partial charge in [-0.2, -0.15) is 0 Å². The predicted molar refractivity (Wildman–Crippen MR) is 82.1 cm³/mol. The quantitative estimate of drug-likeness (QED) is 0.628. The number of aryl methyl sites for hydroxylation is 1. The van der Waals surface area contributed by atoms with Crippen LogP contribution in [0.4, 0.5) is 0 Å². The highest BCUT2D eigenvalue weighted by atomic mass is 32.1.